The summed E-state index contributed by atoms with van der Waals surface area (Å²) in [6.07, 6.45) is 15.5. The monoisotopic (exact) mass is 238 g/mol. The number of allylic oxidation sites excluding steroid dienone is 2. The van der Waals surface area contributed by atoms with E-state index in [4.69, 9.17) is 4.74 Å². The van der Waals surface area contributed by atoms with E-state index in [9.17, 15) is 0 Å². The topological polar surface area (TPSA) is 9.23 Å². The van der Waals surface area contributed by atoms with Crippen LogP contribution in [0.4, 0.5) is 0 Å². The first kappa shape index (κ1) is 16.3. The number of hydrogen-bond acceptors (Lipinski definition) is 1. The summed E-state index contributed by atoms with van der Waals surface area (Å²) in [6, 6.07) is 0. The minimum absolute atomic E-state index is 0.672. The van der Waals surface area contributed by atoms with Crippen LogP contribution in [-0.4, -0.2) is 0 Å². The van der Waals surface area contributed by atoms with Crippen molar-refractivity contribution in [1.82, 2.24) is 0 Å². The second kappa shape index (κ2) is 11.8. The lowest BCUT2D eigenvalue weighted by Gasteiger charge is -2.08. The predicted molar refractivity (Wildman–Crippen MR) is 76.7 cm³/mol. The summed E-state index contributed by atoms with van der Waals surface area (Å²) in [5.74, 6) is 1.34. The van der Waals surface area contributed by atoms with Gasteiger partial charge in [0.1, 0.15) is 0 Å². The molecule has 0 rings (SSSR count). The van der Waals surface area contributed by atoms with Crippen LogP contribution in [0.5, 0.6) is 0 Å². The van der Waals surface area contributed by atoms with Crippen LogP contribution in [0.1, 0.15) is 66.2 Å². The molecule has 0 aliphatic heterocycles. The van der Waals surface area contributed by atoms with Crippen molar-refractivity contribution in [3.8, 4) is 0 Å². The molecule has 2 atom stereocenters. The fraction of sp³-hybridized carbons (Fsp3) is 0.750. The van der Waals surface area contributed by atoms with Gasteiger partial charge in [-0.05, 0) is 49.7 Å². The van der Waals surface area contributed by atoms with Crippen LogP contribution in [0.15, 0.2) is 24.7 Å². The molecule has 0 aromatic rings. The van der Waals surface area contributed by atoms with Gasteiger partial charge >= 0.3 is 0 Å². The number of ether oxygens (including phenoxy) is 1. The van der Waals surface area contributed by atoms with E-state index in [1.165, 1.54) is 38.5 Å². The van der Waals surface area contributed by atoms with Crippen LogP contribution < -0.4 is 0 Å². The third kappa shape index (κ3) is 9.02. The Morgan fingerprint density at radius 2 is 1.18 bits per heavy atom. The molecule has 2 unspecified atom stereocenters. The molecule has 17 heavy (non-hydrogen) atoms. The van der Waals surface area contributed by atoms with Crippen molar-refractivity contribution >= 4 is 0 Å². The molecule has 0 radical (unpaired) electrons. The fourth-order valence-electron chi connectivity index (χ4n) is 1.97. The van der Waals surface area contributed by atoms with E-state index in [2.05, 4.69) is 39.8 Å². The lowest BCUT2D eigenvalue weighted by molar-refractivity contribution is 0.385. The SMILES string of the molecule is CCCC(/C=C/O/C=C/C(CC)CCC)CC. The van der Waals surface area contributed by atoms with Crippen LogP contribution in [0, 0.1) is 11.8 Å². The molecule has 0 N–H and O–H groups in total. The highest BCUT2D eigenvalue weighted by molar-refractivity contribution is 4.87. The minimum Gasteiger partial charge on any atom is -0.473 e. The molecular formula is C16H30O. The van der Waals surface area contributed by atoms with Gasteiger partial charge in [0.25, 0.3) is 0 Å². The van der Waals surface area contributed by atoms with Gasteiger partial charge in [-0.25, -0.2) is 0 Å². The first-order valence-electron chi connectivity index (χ1n) is 7.27. The predicted octanol–water partition coefficient (Wildman–Crippen LogP) is 5.68. The van der Waals surface area contributed by atoms with Gasteiger partial charge in [0.05, 0.1) is 12.5 Å². The highest BCUT2D eigenvalue weighted by atomic mass is 16.5. The van der Waals surface area contributed by atoms with Gasteiger partial charge in [-0.2, -0.15) is 0 Å². The van der Waals surface area contributed by atoms with Crippen molar-refractivity contribution in [2.24, 2.45) is 11.8 Å². The third-order valence-corrected chi connectivity index (χ3v) is 3.23. The molecule has 1 heteroatoms. The Labute approximate surface area is 108 Å². The Morgan fingerprint density at radius 3 is 1.47 bits per heavy atom. The maximum absolute atomic E-state index is 5.43. The molecule has 100 valence electrons. The highest BCUT2D eigenvalue weighted by Gasteiger charge is 2.00. The number of rotatable bonds is 10. The first-order valence-corrected chi connectivity index (χ1v) is 7.27. The molecule has 0 aromatic heterocycles. The van der Waals surface area contributed by atoms with Crippen molar-refractivity contribution in [2.45, 2.75) is 66.2 Å². The van der Waals surface area contributed by atoms with Gasteiger partial charge in [-0.3, -0.25) is 0 Å². The quantitative estimate of drug-likeness (QED) is 0.445. The lowest BCUT2D eigenvalue weighted by Crippen LogP contribution is -1.94. The average Bonchev–Trinajstić information content (AvgIpc) is 2.35. The average molecular weight is 238 g/mol. The molecule has 0 aromatic carbocycles. The van der Waals surface area contributed by atoms with Crippen LogP contribution in [0.3, 0.4) is 0 Å². The summed E-state index contributed by atoms with van der Waals surface area (Å²) in [7, 11) is 0. The molecule has 0 amide bonds. The molecule has 0 saturated carbocycles. The summed E-state index contributed by atoms with van der Waals surface area (Å²) in [4.78, 5) is 0. The van der Waals surface area contributed by atoms with Crippen LogP contribution in [0.2, 0.25) is 0 Å². The Morgan fingerprint density at radius 1 is 0.765 bits per heavy atom. The third-order valence-electron chi connectivity index (χ3n) is 3.23. The van der Waals surface area contributed by atoms with Crippen LogP contribution in [0.25, 0.3) is 0 Å². The van der Waals surface area contributed by atoms with E-state index in [-0.39, 0.29) is 0 Å². The Bertz CT molecular complexity index is 184. The van der Waals surface area contributed by atoms with E-state index in [1.807, 2.05) is 12.5 Å². The Hall–Kier alpha value is -0.720. The van der Waals surface area contributed by atoms with E-state index < -0.39 is 0 Å². The van der Waals surface area contributed by atoms with Crippen molar-refractivity contribution < 1.29 is 4.74 Å². The summed E-state index contributed by atoms with van der Waals surface area (Å²) in [6.45, 7) is 8.92. The molecule has 0 spiro atoms. The molecule has 0 aliphatic carbocycles. The second-order valence-corrected chi connectivity index (χ2v) is 4.71. The zero-order valence-electron chi connectivity index (χ0n) is 12.1. The maximum atomic E-state index is 5.43. The van der Waals surface area contributed by atoms with E-state index >= 15 is 0 Å². The minimum atomic E-state index is 0.672. The maximum Gasteiger partial charge on any atom is 0.0864 e. The summed E-state index contributed by atoms with van der Waals surface area (Å²) >= 11 is 0. The molecule has 0 fully saturated rings. The number of hydrogen-bond donors (Lipinski definition) is 0. The standard InChI is InChI=1S/C16H30O/c1-5-9-15(7-3)11-13-17-14-12-16(8-4)10-6-2/h11-16H,5-10H2,1-4H3/b13-11+,14-12+. The Balaban J connectivity index is 3.86. The van der Waals surface area contributed by atoms with Gasteiger partial charge < -0.3 is 4.74 Å². The van der Waals surface area contributed by atoms with Crippen LogP contribution in [-0.2, 0) is 4.74 Å². The fourth-order valence-corrected chi connectivity index (χ4v) is 1.97. The van der Waals surface area contributed by atoms with E-state index in [0.29, 0.717) is 11.8 Å². The normalized spacial score (nSPS) is 15.5. The molecular weight excluding hydrogens is 208 g/mol. The van der Waals surface area contributed by atoms with Gasteiger partial charge in [0.2, 0.25) is 0 Å². The van der Waals surface area contributed by atoms with Gasteiger partial charge in [-0.15, -0.1) is 0 Å². The lowest BCUT2D eigenvalue weighted by atomic mass is 10.0. The van der Waals surface area contributed by atoms with Gasteiger partial charge in [-0.1, -0.05) is 40.5 Å². The van der Waals surface area contributed by atoms with Gasteiger partial charge in [0, 0.05) is 0 Å². The zero-order valence-corrected chi connectivity index (χ0v) is 12.1. The van der Waals surface area contributed by atoms with Gasteiger partial charge in [0.15, 0.2) is 0 Å². The van der Waals surface area contributed by atoms with E-state index in [0.717, 1.165) is 0 Å². The van der Waals surface area contributed by atoms with Crippen LogP contribution >= 0.6 is 0 Å². The molecule has 0 heterocycles. The Kier molecular flexibility index (Phi) is 11.3. The zero-order chi connectivity index (χ0) is 12.9. The summed E-state index contributed by atoms with van der Waals surface area (Å²) < 4.78 is 5.43. The summed E-state index contributed by atoms with van der Waals surface area (Å²) in [5.41, 5.74) is 0. The van der Waals surface area contributed by atoms with E-state index in [1.54, 1.807) is 0 Å². The van der Waals surface area contributed by atoms with Crippen molar-refractivity contribution in [3.63, 3.8) is 0 Å². The highest BCUT2D eigenvalue weighted by Crippen LogP contribution is 2.13. The van der Waals surface area contributed by atoms with Crippen molar-refractivity contribution in [1.29, 1.82) is 0 Å². The largest absolute Gasteiger partial charge is 0.473 e. The smallest absolute Gasteiger partial charge is 0.0864 e. The molecule has 0 aliphatic rings. The molecule has 0 bridgehead atoms. The van der Waals surface area contributed by atoms with Crippen molar-refractivity contribution in [3.05, 3.63) is 24.7 Å². The summed E-state index contributed by atoms with van der Waals surface area (Å²) in [5, 5.41) is 0. The van der Waals surface area contributed by atoms with Crippen molar-refractivity contribution in [2.75, 3.05) is 0 Å². The first-order chi connectivity index (χ1) is 8.28. The second-order valence-electron chi connectivity index (χ2n) is 4.71. The molecule has 0 saturated heterocycles. The molecule has 1 nitrogen and oxygen atoms in total.